The van der Waals surface area contributed by atoms with E-state index >= 15 is 0 Å². The summed E-state index contributed by atoms with van der Waals surface area (Å²) in [5.41, 5.74) is 1.83. The maximum Gasteiger partial charge on any atom is 0.264 e. The van der Waals surface area contributed by atoms with E-state index in [1.807, 2.05) is 56.9 Å². The summed E-state index contributed by atoms with van der Waals surface area (Å²) in [5.74, 6) is -0.552. The van der Waals surface area contributed by atoms with Crippen LogP contribution in [0.15, 0.2) is 64.7 Å². The van der Waals surface area contributed by atoms with Crippen molar-refractivity contribution in [1.82, 2.24) is 4.72 Å². The maximum atomic E-state index is 12.7. The van der Waals surface area contributed by atoms with E-state index in [4.69, 9.17) is 0 Å². The third-order valence-electron chi connectivity index (χ3n) is 3.72. The van der Waals surface area contributed by atoms with E-state index in [1.165, 1.54) is 12.1 Å². The Morgan fingerprint density at radius 1 is 0.960 bits per heavy atom. The van der Waals surface area contributed by atoms with E-state index in [9.17, 15) is 13.2 Å². The van der Waals surface area contributed by atoms with E-state index < -0.39 is 24.0 Å². The summed E-state index contributed by atoms with van der Waals surface area (Å²) < 4.78 is 27.2. The molecule has 0 radical (unpaired) electrons. The molecule has 2 rings (SSSR count). The van der Waals surface area contributed by atoms with Crippen molar-refractivity contribution in [2.24, 2.45) is 0 Å². The normalized spacial score (nSPS) is 12.7. The Morgan fingerprint density at radius 3 is 2.04 bits per heavy atom. The van der Waals surface area contributed by atoms with E-state index in [2.05, 4.69) is 4.72 Å². The summed E-state index contributed by atoms with van der Waals surface area (Å²) in [6.07, 6.45) is 1.78. The van der Waals surface area contributed by atoms with Crippen LogP contribution in [-0.2, 0) is 14.8 Å². The minimum absolute atomic E-state index is 0.0843. The summed E-state index contributed by atoms with van der Waals surface area (Å²) in [6, 6.07) is 15.9. The fourth-order valence-corrected chi connectivity index (χ4v) is 4.69. The van der Waals surface area contributed by atoms with Gasteiger partial charge in [0.25, 0.3) is 15.9 Å². The number of sulfonamides is 1. The molecule has 0 atom stereocenters. The van der Waals surface area contributed by atoms with E-state index in [0.717, 1.165) is 11.1 Å². The molecule has 0 bridgehead atoms. The molecular weight excluding hydrogens is 350 g/mol. The summed E-state index contributed by atoms with van der Waals surface area (Å²) >= 11 is 0. The third-order valence-corrected chi connectivity index (χ3v) is 7.06. The maximum absolute atomic E-state index is 12.7. The van der Waals surface area contributed by atoms with Gasteiger partial charge in [-0.1, -0.05) is 73.7 Å². The van der Waals surface area contributed by atoms with Crippen molar-refractivity contribution in [3.8, 4) is 0 Å². The molecule has 0 saturated carbocycles. The molecule has 0 spiro atoms. The average Bonchev–Trinajstić information content (AvgIpc) is 2.52. The predicted octanol–water partition coefficient (Wildman–Crippen LogP) is 3.76. The Labute approximate surface area is 150 Å². The molecule has 0 aliphatic heterocycles. The number of rotatable bonds is 5. The van der Waals surface area contributed by atoms with Crippen molar-refractivity contribution in [3.05, 3.63) is 70.9 Å². The van der Waals surface area contributed by atoms with Gasteiger partial charge in [-0.05, 0) is 24.6 Å². The molecule has 1 N–H and O–H groups in total. The van der Waals surface area contributed by atoms with Crippen LogP contribution in [0.3, 0.4) is 0 Å². The van der Waals surface area contributed by atoms with Crippen LogP contribution in [-0.4, -0.2) is 22.4 Å². The second kappa shape index (κ2) is 7.37. The van der Waals surface area contributed by atoms with Gasteiger partial charge in [0, 0.05) is 5.20 Å². The molecule has 4 nitrogen and oxygen atoms in total. The van der Waals surface area contributed by atoms with Crippen molar-refractivity contribution >= 4 is 30.1 Å². The van der Waals surface area contributed by atoms with Gasteiger partial charge >= 0.3 is 0 Å². The van der Waals surface area contributed by atoms with Crippen molar-refractivity contribution in [1.29, 1.82) is 0 Å². The van der Waals surface area contributed by atoms with Gasteiger partial charge in [0.05, 0.1) is 13.0 Å². The second-order valence-electron chi connectivity index (χ2n) is 6.97. The zero-order valence-corrected chi connectivity index (χ0v) is 16.7. The van der Waals surface area contributed by atoms with Gasteiger partial charge in [0.15, 0.2) is 0 Å². The van der Waals surface area contributed by atoms with Gasteiger partial charge in [-0.15, -0.1) is 0 Å². The first kappa shape index (κ1) is 19.1. The lowest BCUT2D eigenvalue weighted by molar-refractivity contribution is -0.115. The topological polar surface area (TPSA) is 63.2 Å². The van der Waals surface area contributed by atoms with Gasteiger partial charge in [-0.25, -0.2) is 13.1 Å². The minimum atomic E-state index is -3.89. The number of carbonyl (C=O) groups excluding carboxylic acids is 1. The molecule has 25 heavy (non-hydrogen) atoms. The Morgan fingerprint density at radius 2 is 1.52 bits per heavy atom. The zero-order chi connectivity index (χ0) is 18.7. The first-order chi connectivity index (χ1) is 11.6. The quantitative estimate of drug-likeness (QED) is 0.641. The Kier molecular flexibility index (Phi) is 5.64. The highest BCUT2D eigenvalue weighted by atomic mass is 32.2. The van der Waals surface area contributed by atoms with Crippen LogP contribution in [0.2, 0.25) is 19.6 Å². The van der Waals surface area contributed by atoms with E-state index in [0.29, 0.717) is 5.20 Å². The highest BCUT2D eigenvalue weighted by Gasteiger charge is 2.29. The summed E-state index contributed by atoms with van der Waals surface area (Å²) in [6.45, 7) is 7.92. The average molecular weight is 374 g/mol. The summed E-state index contributed by atoms with van der Waals surface area (Å²) in [5, 5.41) is 0.536. The molecule has 2 aromatic rings. The molecule has 6 heteroatoms. The van der Waals surface area contributed by atoms with Crippen LogP contribution in [0.4, 0.5) is 0 Å². The number of hydrogen-bond acceptors (Lipinski definition) is 3. The van der Waals surface area contributed by atoms with Gasteiger partial charge in [0.2, 0.25) is 0 Å². The zero-order valence-electron chi connectivity index (χ0n) is 14.9. The number of benzene rings is 2. The molecular formula is C19H23NO3SSi. The molecule has 2 aromatic carbocycles. The molecule has 0 saturated heterocycles. The minimum Gasteiger partial charge on any atom is -0.269 e. The molecule has 132 valence electrons. The lowest BCUT2D eigenvalue weighted by Gasteiger charge is -2.20. The standard InChI is InChI=1S/C19H23NO3SSi/c1-15-10-12-17(13-11-15)24(22,23)20-19(21)18(25(2,3)4)14-16-8-6-5-7-9-16/h5-14H,1-4H3,(H,20,21)/b18-14-. The highest BCUT2D eigenvalue weighted by molar-refractivity contribution is 7.90. The SMILES string of the molecule is Cc1ccc(S(=O)(=O)NC(=O)/C(=C/c2ccccc2)[Si](C)(C)C)cc1. The van der Waals surface area contributed by atoms with Crippen molar-refractivity contribution in [2.75, 3.05) is 0 Å². The number of carbonyl (C=O) groups is 1. The largest absolute Gasteiger partial charge is 0.269 e. The van der Waals surface area contributed by atoms with Crippen molar-refractivity contribution in [3.63, 3.8) is 0 Å². The van der Waals surface area contributed by atoms with Crippen LogP contribution >= 0.6 is 0 Å². The van der Waals surface area contributed by atoms with Crippen LogP contribution in [0, 0.1) is 6.92 Å². The van der Waals surface area contributed by atoms with Gasteiger partial charge in [-0.3, -0.25) is 4.79 Å². The number of amides is 1. The predicted molar refractivity (Wildman–Crippen MR) is 104 cm³/mol. The van der Waals surface area contributed by atoms with Gasteiger partial charge in [-0.2, -0.15) is 0 Å². The first-order valence-corrected chi connectivity index (χ1v) is 13.0. The second-order valence-corrected chi connectivity index (χ2v) is 13.7. The summed E-state index contributed by atoms with van der Waals surface area (Å²) in [4.78, 5) is 12.8. The van der Waals surface area contributed by atoms with Crippen LogP contribution < -0.4 is 4.72 Å². The Bertz CT molecular complexity index is 881. The molecule has 0 heterocycles. The highest BCUT2D eigenvalue weighted by Crippen LogP contribution is 2.20. The molecule has 0 fully saturated rings. The van der Waals surface area contributed by atoms with Gasteiger partial charge in [0.1, 0.15) is 0 Å². The number of hydrogen-bond donors (Lipinski definition) is 1. The van der Waals surface area contributed by atoms with Crippen LogP contribution in [0.5, 0.6) is 0 Å². The molecule has 1 amide bonds. The van der Waals surface area contributed by atoms with Crippen molar-refractivity contribution in [2.45, 2.75) is 31.5 Å². The lowest BCUT2D eigenvalue weighted by Crippen LogP contribution is -2.39. The Balaban J connectivity index is 2.35. The monoisotopic (exact) mass is 373 g/mol. The molecule has 0 aliphatic rings. The van der Waals surface area contributed by atoms with Crippen LogP contribution in [0.1, 0.15) is 11.1 Å². The third kappa shape index (κ3) is 5.14. The van der Waals surface area contributed by atoms with Gasteiger partial charge < -0.3 is 0 Å². The lowest BCUT2D eigenvalue weighted by atomic mass is 10.2. The molecule has 0 aliphatic carbocycles. The van der Waals surface area contributed by atoms with E-state index in [-0.39, 0.29) is 4.90 Å². The van der Waals surface area contributed by atoms with Crippen LogP contribution in [0.25, 0.3) is 6.08 Å². The number of nitrogens with one attached hydrogen (secondary N) is 1. The van der Waals surface area contributed by atoms with E-state index in [1.54, 1.807) is 18.2 Å². The Hall–Kier alpha value is -2.18. The smallest absolute Gasteiger partial charge is 0.264 e. The number of aryl methyl sites for hydroxylation is 1. The molecule has 0 unspecified atom stereocenters. The summed E-state index contributed by atoms with van der Waals surface area (Å²) in [7, 11) is -5.95. The van der Waals surface area contributed by atoms with Crippen molar-refractivity contribution < 1.29 is 13.2 Å². The molecule has 0 aromatic heterocycles. The fraction of sp³-hybridized carbons (Fsp3) is 0.211. The fourth-order valence-electron chi connectivity index (χ4n) is 2.29. The first-order valence-electron chi connectivity index (χ1n) is 8.01.